The van der Waals surface area contributed by atoms with Crippen LogP contribution in [0.15, 0.2) is 24.3 Å². The molecule has 0 unspecified atom stereocenters. The number of aliphatic hydroxyl groups excluding tert-OH is 1. The minimum absolute atomic E-state index is 0.166. The smallest absolute Gasteiger partial charge is 0.407 e. The zero-order valence-corrected chi connectivity index (χ0v) is 12.9. The minimum Gasteiger partial charge on any atom is -0.465 e. The van der Waals surface area contributed by atoms with Gasteiger partial charge in [-0.1, -0.05) is 29.8 Å². The Balaban J connectivity index is 2.36. The molecule has 0 saturated heterocycles. The summed E-state index contributed by atoms with van der Waals surface area (Å²) in [6.45, 7) is 1.13. The Labute approximate surface area is 128 Å². The number of nitrogens with zero attached hydrogens (tertiary/aromatic N) is 1. The Bertz CT molecular complexity index is 417. The Morgan fingerprint density at radius 2 is 2.00 bits per heavy atom. The highest BCUT2D eigenvalue weighted by molar-refractivity contribution is 7.99. The van der Waals surface area contributed by atoms with Crippen LogP contribution in [-0.4, -0.2) is 52.4 Å². The molecule has 1 aromatic rings. The van der Waals surface area contributed by atoms with E-state index >= 15 is 0 Å². The molecule has 0 bridgehead atoms. The summed E-state index contributed by atoms with van der Waals surface area (Å²) < 4.78 is 0. The van der Waals surface area contributed by atoms with Gasteiger partial charge in [0, 0.05) is 23.9 Å². The lowest BCUT2D eigenvalue weighted by atomic mass is 10.1. The number of carbonyl (C=O) groups is 1. The first-order valence-electron chi connectivity index (χ1n) is 6.55. The van der Waals surface area contributed by atoms with Crippen molar-refractivity contribution in [3.05, 3.63) is 34.9 Å². The zero-order valence-electron chi connectivity index (χ0n) is 11.3. The van der Waals surface area contributed by atoms with Crippen molar-refractivity contribution in [2.75, 3.05) is 31.2 Å². The summed E-state index contributed by atoms with van der Waals surface area (Å²) in [5.41, 5.74) is 0.968. The van der Waals surface area contributed by atoms with Gasteiger partial charge in [0.25, 0.3) is 0 Å². The van der Waals surface area contributed by atoms with Gasteiger partial charge >= 0.3 is 6.09 Å². The summed E-state index contributed by atoms with van der Waals surface area (Å²) >= 11 is 7.69. The number of thioether (sulfide) groups is 1. The van der Waals surface area contributed by atoms with E-state index in [1.807, 2.05) is 24.3 Å². The van der Waals surface area contributed by atoms with Crippen LogP contribution in [0.25, 0.3) is 0 Å². The summed E-state index contributed by atoms with van der Waals surface area (Å²) in [4.78, 5) is 12.6. The second-order valence-electron chi connectivity index (χ2n) is 4.30. The first-order chi connectivity index (χ1) is 9.65. The average Bonchev–Trinajstić information content (AvgIpc) is 2.43. The van der Waals surface area contributed by atoms with E-state index < -0.39 is 6.09 Å². The third-order valence-corrected chi connectivity index (χ3v) is 4.25. The molecule has 1 aromatic carbocycles. The predicted octanol–water partition coefficient (Wildman–Crippen LogP) is 2.98. The quantitative estimate of drug-likeness (QED) is 0.687. The fourth-order valence-corrected chi connectivity index (χ4v) is 2.68. The van der Waals surface area contributed by atoms with Crippen molar-refractivity contribution >= 4 is 29.5 Å². The van der Waals surface area contributed by atoms with Gasteiger partial charge in [0.05, 0.1) is 6.61 Å². The molecule has 1 amide bonds. The van der Waals surface area contributed by atoms with Crippen LogP contribution in [0.5, 0.6) is 0 Å². The Morgan fingerprint density at radius 1 is 1.25 bits per heavy atom. The van der Waals surface area contributed by atoms with E-state index in [0.717, 1.165) is 17.7 Å². The molecule has 112 valence electrons. The largest absolute Gasteiger partial charge is 0.465 e. The lowest BCUT2D eigenvalue weighted by molar-refractivity contribution is 0.146. The topological polar surface area (TPSA) is 60.8 Å². The number of amides is 1. The van der Waals surface area contributed by atoms with Gasteiger partial charge in [-0.2, -0.15) is 11.8 Å². The highest BCUT2D eigenvalue weighted by atomic mass is 35.5. The molecule has 0 aromatic heterocycles. The van der Waals surface area contributed by atoms with Gasteiger partial charge in [0.1, 0.15) is 0 Å². The molecule has 6 heteroatoms. The van der Waals surface area contributed by atoms with Gasteiger partial charge in [-0.25, -0.2) is 4.79 Å². The van der Waals surface area contributed by atoms with E-state index in [1.165, 1.54) is 4.90 Å². The highest BCUT2D eigenvalue weighted by Crippen LogP contribution is 2.16. The van der Waals surface area contributed by atoms with Crippen LogP contribution in [0, 0.1) is 0 Å². The van der Waals surface area contributed by atoms with Gasteiger partial charge in [0.2, 0.25) is 0 Å². The molecule has 0 fully saturated rings. The van der Waals surface area contributed by atoms with Gasteiger partial charge in [-0.3, -0.25) is 0 Å². The Morgan fingerprint density at radius 3 is 2.65 bits per heavy atom. The van der Waals surface area contributed by atoms with Crippen LogP contribution in [0.1, 0.15) is 12.0 Å². The van der Waals surface area contributed by atoms with Crippen molar-refractivity contribution in [1.29, 1.82) is 0 Å². The van der Waals surface area contributed by atoms with E-state index in [2.05, 4.69) is 0 Å². The van der Waals surface area contributed by atoms with E-state index in [4.69, 9.17) is 21.8 Å². The highest BCUT2D eigenvalue weighted by Gasteiger charge is 2.11. The van der Waals surface area contributed by atoms with E-state index in [0.29, 0.717) is 30.3 Å². The minimum atomic E-state index is -0.899. The number of hydrogen-bond acceptors (Lipinski definition) is 3. The molecule has 0 spiro atoms. The van der Waals surface area contributed by atoms with Crippen LogP contribution in [0.4, 0.5) is 4.79 Å². The molecule has 2 N–H and O–H groups in total. The molecule has 4 nitrogen and oxygen atoms in total. The molecule has 0 radical (unpaired) electrons. The van der Waals surface area contributed by atoms with Crippen molar-refractivity contribution in [3.8, 4) is 0 Å². The van der Waals surface area contributed by atoms with E-state index in [9.17, 15) is 4.79 Å². The summed E-state index contributed by atoms with van der Waals surface area (Å²) in [6.07, 6.45) is 0.513. The van der Waals surface area contributed by atoms with E-state index in [1.54, 1.807) is 11.8 Å². The van der Waals surface area contributed by atoms with Crippen molar-refractivity contribution in [2.45, 2.75) is 12.8 Å². The van der Waals surface area contributed by atoms with Gasteiger partial charge in [-0.05, 0) is 30.2 Å². The van der Waals surface area contributed by atoms with Crippen LogP contribution in [0.2, 0.25) is 5.02 Å². The maximum atomic E-state index is 11.2. The molecule has 0 aliphatic rings. The number of hydrogen-bond donors (Lipinski definition) is 2. The standard InChI is InChI=1S/C14H20ClNO3S/c15-13-5-2-1-4-12(13)6-8-16(14(18)19)7-3-10-20-11-9-17/h1-2,4-5,17H,3,6-11H2,(H,18,19). The molecular weight excluding hydrogens is 298 g/mol. The molecule has 0 aliphatic carbocycles. The number of carboxylic acid groups (broad SMARTS) is 1. The first-order valence-corrected chi connectivity index (χ1v) is 8.08. The van der Waals surface area contributed by atoms with Gasteiger partial charge in [-0.15, -0.1) is 0 Å². The maximum Gasteiger partial charge on any atom is 0.407 e. The molecule has 0 aliphatic heterocycles. The number of halogens is 1. The van der Waals surface area contributed by atoms with Crippen LogP contribution >= 0.6 is 23.4 Å². The molecule has 0 atom stereocenters. The monoisotopic (exact) mass is 317 g/mol. The number of rotatable bonds is 9. The summed E-state index contributed by atoms with van der Waals surface area (Å²) in [5.74, 6) is 1.56. The summed E-state index contributed by atoms with van der Waals surface area (Å²) in [6, 6.07) is 7.49. The molecule has 1 rings (SSSR count). The fraction of sp³-hybridized carbons (Fsp3) is 0.500. The lowest BCUT2D eigenvalue weighted by Crippen LogP contribution is -2.32. The second-order valence-corrected chi connectivity index (χ2v) is 5.93. The molecule has 20 heavy (non-hydrogen) atoms. The normalized spacial score (nSPS) is 10.5. The maximum absolute atomic E-state index is 11.2. The van der Waals surface area contributed by atoms with Crippen LogP contribution in [0.3, 0.4) is 0 Å². The fourth-order valence-electron chi connectivity index (χ4n) is 1.78. The molecular formula is C14H20ClNO3S. The lowest BCUT2D eigenvalue weighted by Gasteiger charge is -2.19. The average molecular weight is 318 g/mol. The van der Waals surface area contributed by atoms with Crippen LogP contribution in [-0.2, 0) is 6.42 Å². The Hall–Kier alpha value is -0.910. The molecule has 0 heterocycles. The predicted molar refractivity (Wildman–Crippen MR) is 83.8 cm³/mol. The van der Waals surface area contributed by atoms with Crippen molar-refractivity contribution in [3.63, 3.8) is 0 Å². The zero-order chi connectivity index (χ0) is 14.8. The van der Waals surface area contributed by atoms with Crippen molar-refractivity contribution in [1.82, 2.24) is 4.90 Å². The SMILES string of the molecule is O=C(O)N(CCCSCCO)CCc1ccccc1Cl. The number of benzene rings is 1. The number of aliphatic hydroxyl groups is 1. The van der Waals surface area contributed by atoms with Crippen LogP contribution < -0.4 is 0 Å². The van der Waals surface area contributed by atoms with Gasteiger partial charge in [0.15, 0.2) is 0 Å². The Kier molecular flexibility index (Phi) is 8.49. The second kappa shape index (κ2) is 9.91. The van der Waals surface area contributed by atoms with Crippen molar-refractivity contribution in [2.24, 2.45) is 0 Å². The third kappa shape index (κ3) is 6.50. The first kappa shape index (κ1) is 17.1. The summed E-state index contributed by atoms with van der Waals surface area (Å²) in [7, 11) is 0. The summed E-state index contributed by atoms with van der Waals surface area (Å²) in [5, 5.41) is 18.5. The molecule has 0 saturated carbocycles. The third-order valence-electron chi connectivity index (χ3n) is 2.83. The van der Waals surface area contributed by atoms with Gasteiger partial charge < -0.3 is 15.1 Å². The van der Waals surface area contributed by atoms with Crippen molar-refractivity contribution < 1.29 is 15.0 Å². The van der Waals surface area contributed by atoms with E-state index in [-0.39, 0.29) is 6.61 Å².